The van der Waals surface area contributed by atoms with E-state index in [0.29, 0.717) is 43.0 Å². The maximum Gasteiger partial charge on any atom is 0.332 e. The van der Waals surface area contributed by atoms with Gasteiger partial charge in [0.2, 0.25) is 0 Å². The Kier molecular flexibility index (Phi) is 6.92. The van der Waals surface area contributed by atoms with Gasteiger partial charge in [0.05, 0.1) is 4.92 Å². The third-order valence-electron chi connectivity index (χ3n) is 6.48. The zero-order chi connectivity index (χ0) is 25.1. The van der Waals surface area contributed by atoms with Crippen LogP contribution in [0.15, 0.2) is 64.2 Å². The Balaban J connectivity index is 1.46. The van der Waals surface area contributed by atoms with Crippen molar-refractivity contribution < 1.29 is 9.72 Å². The van der Waals surface area contributed by atoms with Crippen molar-refractivity contribution in [3.8, 4) is 0 Å². The minimum atomic E-state index is -0.491. The van der Waals surface area contributed by atoms with Crippen LogP contribution in [0.4, 0.5) is 11.5 Å². The molecule has 0 N–H and O–H groups in total. The molecule has 0 saturated carbocycles. The highest BCUT2D eigenvalue weighted by molar-refractivity contribution is 6.10. The molecule has 0 spiro atoms. The zero-order valence-electron chi connectivity index (χ0n) is 19.7. The maximum atomic E-state index is 13.1. The summed E-state index contributed by atoms with van der Waals surface area (Å²) >= 11 is 0. The van der Waals surface area contributed by atoms with E-state index >= 15 is 0 Å². The molecule has 10 nitrogen and oxygen atoms in total. The molecule has 1 aliphatic rings. The number of anilines is 1. The van der Waals surface area contributed by atoms with Gasteiger partial charge >= 0.3 is 5.69 Å². The van der Waals surface area contributed by atoms with Crippen molar-refractivity contribution in [1.29, 1.82) is 0 Å². The fourth-order valence-corrected chi connectivity index (χ4v) is 4.36. The van der Waals surface area contributed by atoms with Crippen molar-refractivity contribution >= 4 is 17.3 Å². The quantitative estimate of drug-likeness (QED) is 0.289. The Morgan fingerprint density at radius 2 is 1.63 bits per heavy atom. The molecule has 2 aromatic carbocycles. The smallest absolute Gasteiger partial charge is 0.332 e. The van der Waals surface area contributed by atoms with Gasteiger partial charge < -0.3 is 4.90 Å². The standard InChI is InChI=1S/C25H27N5O5/c1-26-22(17-23(31)27(2)25(26)33)29-14-12-28(13-15-29)11-10-18-8-9-20(30(34)35)16-21(18)24(32)19-6-4-3-5-7-19/h3-9,16-17H,10-15H2,1-2H3. The van der Waals surface area contributed by atoms with Gasteiger partial charge in [0, 0.05) is 76.1 Å². The fourth-order valence-electron chi connectivity index (χ4n) is 4.36. The van der Waals surface area contributed by atoms with E-state index in [1.807, 2.05) is 11.0 Å². The number of hydrogen-bond donors (Lipinski definition) is 0. The fraction of sp³-hybridized carbons (Fsp3) is 0.320. The number of nitro groups is 1. The van der Waals surface area contributed by atoms with Crippen LogP contribution in [0.5, 0.6) is 0 Å². The normalized spacial score (nSPS) is 14.2. The second-order valence-electron chi connectivity index (χ2n) is 8.61. The third-order valence-corrected chi connectivity index (χ3v) is 6.48. The van der Waals surface area contributed by atoms with Crippen LogP contribution in [0.25, 0.3) is 0 Å². The molecule has 0 radical (unpaired) electrons. The van der Waals surface area contributed by atoms with Crippen molar-refractivity contribution in [3.63, 3.8) is 0 Å². The van der Waals surface area contributed by atoms with Gasteiger partial charge in [0.1, 0.15) is 5.82 Å². The molecule has 3 aromatic rings. The predicted molar refractivity (Wildman–Crippen MR) is 132 cm³/mol. The summed E-state index contributed by atoms with van der Waals surface area (Å²) in [4.78, 5) is 52.5. The summed E-state index contributed by atoms with van der Waals surface area (Å²) < 4.78 is 2.56. The van der Waals surface area contributed by atoms with E-state index in [1.54, 1.807) is 37.4 Å². The number of benzene rings is 2. The van der Waals surface area contributed by atoms with Crippen molar-refractivity contribution in [2.24, 2.45) is 14.1 Å². The number of aromatic nitrogens is 2. The topological polar surface area (TPSA) is 111 Å². The lowest BCUT2D eigenvalue weighted by Crippen LogP contribution is -2.49. The molecule has 0 atom stereocenters. The Labute approximate surface area is 201 Å². The molecule has 0 unspecified atom stereocenters. The van der Waals surface area contributed by atoms with Crippen LogP contribution < -0.4 is 16.1 Å². The number of carbonyl (C=O) groups is 1. The molecule has 0 aliphatic carbocycles. The first-order valence-corrected chi connectivity index (χ1v) is 11.4. The SMILES string of the molecule is Cn1c(N2CCN(CCc3ccc([N+](=O)[O-])cc3C(=O)c3ccccc3)CC2)cc(=O)n(C)c1=O. The highest BCUT2D eigenvalue weighted by Crippen LogP contribution is 2.22. The molecule has 35 heavy (non-hydrogen) atoms. The van der Waals surface area contributed by atoms with Crippen LogP contribution in [-0.4, -0.2) is 57.5 Å². The zero-order valence-corrected chi connectivity index (χ0v) is 19.7. The molecule has 2 heterocycles. The average Bonchev–Trinajstić information content (AvgIpc) is 2.88. The minimum absolute atomic E-state index is 0.110. The summed E-state index contributed by atoms with van der Waals surface area (Å²) in [6, 6.07) is 14.7. The summed E-state index contributed by atoms with van der Waals surface area (Å²) in [6.07, 6.45) is 0.566. The van der Waals surface area contributed by atoms with E-state index in [1.165, 1.54) is 29.8 Å². The lowest BCUT2D eigenvalue weighted by atomic mass is 9.95. The molecule has 182 valence electrons. The summed E-state index contributed by atoms with van der Waals surface area (Å²) in [7, 11) is 3.12. The van der Waals surface area contributed by atoms with E-state index in [4.69, 9.17) is 0 Å². The molecule has 1 fully saturated rings. The second-order valence-corrected chi connectivity index (χ2v) is 8.61. The monoisotopic (exact) mass is 477 g/mol. The van der Waals surface area contributed by atoms with Gasteiger partial charge in [-0.05, 0) is 12.0 Å². The number of nitrogens with zero attached hydrogens (tertiary/aromatic N) is 5. The van der Waals surface area contributed by atoms with E-state index in [0.717, 1.165) is 23.2 Å². The van der Waals surface area contributed by atoms with E-state index in [-0.39, 0.29) is 22.7 Å². The summed E-state index contributed by atoms with van der Waals surface area (Å²) in [5.74, 6) is 0.365. The van der Waals surface area contributed by atoms with Crippen molar-refractivity contribution in [2.45, 2.75) is 6.42 Å². The van der Waals surface area contributed by atoms with Gasteiger partial charge in [-0.3, -0.25) is 33.7 Å². The molecule has 0 bridgehead atoms. The summed E-state index contributed by atoms with van der Waals surface area (Å²) in [6.45, 7) is 3.42. The van der Waals surface area contributed by atoms with Crippen LogP contribution in [0.2, 0.25) is 0 Å². The van der Waals surface area contributed by atoms with Crippen LogP contribution in [0.1, 0.15) is 21.5 Å². The summed E-state index contributed by atoms with van der Waals surface area (Å²) in [5, 5.41) is 11.3. The number of rotatable bonds is 7. The number of non-ortho nitro benzene ring substituents is 1. The first-order valence-electron chi connectivity index (χ1n) is 11.4. The van der Waals surface area contributed by atoms with Gasteiger partial charge in [-0.2, -0.15) is 0 Å². The first-order chi connectivity index (χ1) is 16.8. The number of piperazine rings is 1. The Bertz CT molecular complexity index is 1370. The Hall–Kier alpha value is -4.05. The van der Waals surface area contributed by atoms with Crippen molar-refractivity contribution in [1.82, 2.24) is 14.0 Å². The Morgan fingerprint density at radius 1 is 0.943 bits per heavy atom. The molecule has 10 heteroatoms. The van der Waals surface area contributed by atoms with Gasteiger partial charge in [-0.25, -0.2) is 4.79 Å². The van der Waals surface area contributed by atoms with Crippen LogP contribution >= 0.6 is 0 Å². The number of carbonyl (C=O) groups excluding carboxylic acids is 1. The highest BCUT2D eigenvalue weighted by atomic mass is 16.6. The molecule has 1 aliphatic heterocycles. The van der Waals surface area contributed by atoms with Gasteiger partial charge in [0.25, 0.3) is 11.2 Å². The first kappa shape index (κ1) is 24.1. The second kappa shape index (κ2) is 10.1. The van der Waals surface area contributed by atoms with E-state index in [9.17, 15) is 24.5 Å². The number of nitro benzene ring substituents is 1. The van der Waals surface area contributed by atoms with E-state index < -0.39 is 4.92 Å². The molecule has 1 aromatic heterocycles. The lowest BCUT2D eigenvalue weighted by molar-refractivity contribution is -0.384. The van der Waals surface area contributed by atoms with Gasteiger partial charge in [0.15, 0.2) is 5.78 Å². The molecule has 0 amide bonds. The number of hydrogen-bond acceptors (Lipinski definition) is 7. The predicted octanol–water partition coefficient (Wildman–Crippen LogP) is 1.59. The van der Waals surface area contributed by atoms with Crippen LogP contribution in [0.3, 0.4) is 0 Å². The van der Waals surface area contributed by atoms with Crippen molar-refractivity contribution in [2.75, 3.05) is 37.6 Å². The molecular formula is C25H27N5O5. The van der Waals surface area contributed by atoms with Crippen LogP contribution in [0, 0.1) is 10.1 Å². The largest absolute Gasteiger partial charge is 0.355 e. The molecule has 4 rings (SSSR count). The van der Waals surface area contributed by atoms with Gasteiger partial charge in [-0.1, -0.05) is 36.4 Å². The van der Waals surface area contributed by atoms with E-state index in [2.05, 4.69) is 4.90 Å². The average molecular weight is 478 g/mol. The van der Waals surface area contributed by atoms with Gasteiger partial charge in [-0.15, -0.1) is 0 Å². The van der Waals surface area contributed by atoms with Crippen LogP contribution in [-0.2, 0) is 20.5 Å². The minimum Gasteiger partial charge on any atom is -0.355 e. The molecule has 1 saturated heterocycles. The molecular weight excluding hydrogens is 450 g/mol. The number of ketones is 1. The Morgan fingerprint density at radius 3 is 2.29 bits per heavy atom. The lowest BCUT2D eigenvalue weighted by Gasteiger charge is -2.36. The maximum absolute atomic E-state index is 13.1. The van der Waals surface area contributed by atoms with Crippen molar-refractivity contribution in [3.05, 3.63) is 102 Å². The highest BCUT2D eigenvalue weighted by Gasteiger charge is 2.22. The summed E-state index contributed by atoms with van der Waals surface area (Å²) in [5.41, 5.74) is 0.798. The third kappa shape index (κ3) is 5.07.